The maximum absolute atomic E-state index is 11.5. The zero-order valence-electron chi connectivity index (χ0n) is 8.42. The Kier molecular flexibility index (Phi) is 2.82. The van der Waals surface area contributed by atoms with Crippen LogP contribution in [0.15, 0.2) is 18.2 Å². The number of benzene rings is 1. The number of ether oxygens (including phenoxy) is 1. The fourth-order valence-corrected chi connectivity index (χ4v) is 1.91. The molecule has 80 valence electrons. The third kappa shape index (κ3) is 2.07. The molecule has 0 spiro atoms. The van der Waals surface area contributed by atoms with Crippen molar-refractivity contribution >= 4 is 23.3 Å². The minimum absolute atomic E-state index is 0.204. The summed E-state index contributed by atoms with van der Waals surface area (Å²) in [5.41, 5.74) is 2.04. The van der Waals surface area contributed by atoms with Gasteiger partial charge in [-0.3, -0.25) is 0 Å². The Morgan fingerprint density at radius 2 is 2.47 bits per heavy atom. The fourth-order valence-electron chi connectivity index (χ4n) is 1.72. The highest BCUT2D eigenvalue weighted by Crippen LogP contribution is 2.28. The van der Waals surface area contributed by atoms with Gasteiger partial charge in [0.05, 0.1) is 6.61 Å². The number of esters is 1. The molecule has 0 fully saturated rings. The quantitative estimate of drug-likeness (QED) is 0.785. The monoisotopic (exact) mass is 225 g/mol. The van der Waals surface area contributed by atoms with Crippen LogP contribution in [-0.4, -0.2) is 18.6 Å². The van der Waals surface area contributed by atoms with Crippen LogP contribution < -0.4 is 5.32 Å². The third-order valence-corrected chi connectivity index (χ3v) is 2.63. The first-order valence-corrected chi connectivity index (χ1v) is 5.30. The van der Waals surface area contributed by atoms with E-state index in [1.54, 1.807) is 13.0 Å². The molecule has 0 saturated heterocycles. The first-order chi connectivity index (χ1) is 7.20. The second-order valence-corrected chi connectivity index (χ2v) is 3.89. The predicted molar refractivity (Wildman–Crippen MR) is 59.2 cm³/mol. The van der Waals surface area contributed by atoms with E-state index in [2.05, 4.69) is 5.32 Å². The van der Waals surface area contributed by atoms with Gasteiger partial charge in [0.25, 0.3) is 0 Å². The summed E-state index contributed by atoms with van der Waals surface area (Å²) in [6, 6.07) is 5.31. The summed E-state index contributed by atoms with van der Waals surface area (Å²) in [5.74, 6) is -0.204. The van der Waals surface area contributed by atoms with E-state index in [0.717, 1.165) is 11.3 Å². The number of hydrogen-bond acceptors (Lipinski definition) is 3. The summed E-state index contributed by atoms with van der Waals surface area (Å²) in [5, 5.41) is 3.81. The molecule has 1 aliphatic rings. The Bertz CT molecular complexity index is 392. The lowest BCUT2D eigenvalue weighted by atomic mass is 10.1. The molecule has 1 aromatic carbocycles. The molecule has 1 unspecified atom stereocenters. The van der Waals surface area contributed by atoms with E-state index in [0.29, 0.717) is 18.1 Å². The lowest BCUT2D eigenvalue weighted by Crippen LogP contribution is -2.28. The minimum atomic E-state index is -0.265. The van der Waals surface area contributed by atoms with Gasteiger partial charge in [-0.1, -0.05) is 11.6 Å². The summed E-state index contributed by atoms with van der Waals surface area (Å²) in [6.45, 7) is 2.21. The lowest BCUT2D eigenvalue weighted by molar-refractivity contribution is -0.143. The Morgan fingerprint density at radius 1 is 1.67 bits per heavy atom. The van der Waals surface area contributed by atoms with Crippen LogP contribution in [0.5, 0.6) is 0 Å². The van der Waals surface area contributed by atoms with E-state index < -0.39 is 0 Å². The number of carbonyl (C=O) groups is 1. The van der Waals surface area contributed by atoms with Crippen molar-refractivity contribution in [3.8, 4) is 0 Å². The smallest absolute Gasteiger partial charge is 0.328 e. The van der Waals surface area contributed by atoms with E-state index in [1.807, 2.05) is 12.1 Å². The van der Waals surface area contributed by atoms with Crippen LogP contribution in [-0.2, 0) is 16.0 Å². The first kappa shape index (κ1) is 10.3. The molecule has 4 heteroatoms. The van der Waals surface area contributed by atoms with Gasteiger partial charge in [0.15, 0.2) is 0 Å². The molecule has 1 aromatic rings. The van der Waals surface area contributed by atoms with Crippen LogP contribution in [0.3, 0.4) is 0 Å². The van der Waals surface area contributed by atoms with Crippen LogP contribution in [0.4, 0.5) is 5.69 Å². The molecule has 0 radical (unpaired) electrons. The van der Waals surface area contributed by atoms with Gasteiger partial charge in [-0.05, 0) is 30.7 Å². The molecule has 15 heavy (non-hydrogen) atoms. The number of fused-ring (bicyclic) bond motifs is 1. The minimum Gasteiger partial charge on any atom is -0.464 e. The molecule has 3 nitrogen and oxygen atoms in total. The maximum Gasteiger partial charge on any atom is 0.328 e. The molecule has 2 rings (SSSR count). The Labute approximate surface area is 93.4 Å². The summed E-state index contributed by atoms with van der Waals surface area (Å²) in [6.07, 6.45) is 0.648. The number of nitrogens with one attached hydrogen (secondary N) is 1. The van der Waals surface area contributed by atoms with Crippen molar-refractivity contribution in [3.05, 3.63) is 28.8 Å². The molecule has 0 amide bonds. The molecule has 1 N–H and O–H groups in total. The van der Waals surface area contributed by atoms with Crippen molar-refractivity contribution in [2.45, 2.75) is 19.4 Å². The highest BCUT2D eigenvalue weighted by Gasteiger charge is 2.27. The van der Waals surface area contributed by atoms with Crippen molar-refractivity contribution in [2.24, 2.45) is 0 Å². The Balaban J connectivity index is 2.12. The maximum atomic E-state index is 11.5. The normalized spacial score (nSPS) is 18.1. The van der Waals surface area contributed by atoms with Crippen LogP contribution in [0.25, 0.3) is 0 Å². The molecule has 0 aromatic heterocycles. The van der Waals surface area contributed by atoms with Crippen LogP contribution >= 0.6 is 11.6 Å². The third-order valence-electron chi connectivity index (χ3n) is 2.39. The highest BCUT2D eigenvalue weighted by atomic mass is 35.5. The molecule has 0 aliphatic carbocycles. The average Bonchev–Trinajstić information content (AvgIpc) is 2.60. The average molecular weight is 226 g/mol. The van der Waals surface area contributed by atoms with Gasteiger partial charge in [-0.15, -0.1) is 0 Å². The Hall–Kier alpha value is -1.22. The molecular weight excluding hydrogens is 214 g/mol. The fraction of sp³-hybridized carbons (Fsp3) is 0.364. The molecule has 0 saturated carbocycles. The Morgan fingerprint density at radius 3 is 3.20 bits per heavy atom. The van der Waals surface area contributed by atoms with Crippen LogP contribution in [0.2, 0.25) is 5.02 Å². The molecule has 1 atom stereocenters. The van der Waals surface area contributed by atoms with Crippen molar-refractivity contribution in [1.29, 1.82) is 0 Å². The first-order valence-electron chi connectivity index (χ1n) is 4.92. The summed E-state index contributed by atoms with van der Waals surface area (Å²) >= 11 is 5.87. The van der Waals surface area contributed by atoms with Crippen molar-refractivity contribution in [3.63, 3.8) is 0 Å². The molecular formula is C11H12ClNO2. The number of rotatable bonds is 2. The van der Waals surface area contributed by atoms with Crippen molar-refractivity contribution in [2.75, 3.05) is 11.9 Å². The molecule has 0 bridgehead atoms. The van der Waals surface area contributed by atoms with Gasteiger partial charge < -0.3 is 10.1 Å². The highest BCUT2D eigenvalue weighted by molar-refractivity contribution is 6.30. The zero-order valence-corrected chi connectivity index (χ0v) is 9.17. The van der Waals surface area contributed by atoms with E-state index >= 15 is 0 Å². The van der Waals surface area contributed by atoms with E-state index in [1.165, 1.54) is 0 Å². The molecule has 1 aliphatic heterocycles. The van der Waals surface area contributed by atoms with Gasteiger partial charge >= 0.3 is 5.97 Å². The van der Waals surface area contributed by atoms with Gasteiger partial charge in [0.1, 0.15) is 6.04 Å². The predicted octanol–water partition coefficient (Wildman–Crippen LogP) is 2.24. The summed E-state index contributed by atoms with van der Waals surface area (Å²) < 4.78 is 4.95. The largest absolute Gasteiger partial charge is 0.464 e. The standard InChI is InChI=1S/C11H12ClNO2/c1-2-15-11(14)10-6-7-5-8(12)3-4-9(7)13-10/h3-5,10,13H,2,6H2,1H3. The number of halogens is 1. The lowest BCUT2D eigenvalue weighted by Gasteiger charge is -2.09. The SMILES string of the molecule is CCOC(=O)C1Cc2cc(Cl)ccc2N1. The van der Waals surface area contributed by atoms with Crippen molar-refractivity contribution < 1.29 is 9.53 Å². The van der Waals surface area contributed by atoms with Gasteiger partial charge in [0.2, 0.25) is 0 Å². The van der Waals surface area contributed by atoms with Gasteiger partial charge in [0, 0.05) is 17.1 Å². The number of anilines is 1. The topological polar surface area (TPSA) is 38.3 Å². The van der Waals surface area contributed by atoms with Crippen molar-refractivity contribution in [1.82, 2.24) is 0 Å². The second-order valence-electron chi connectivity index (χ2n) is 3.45. The van der Waals surface area contributed by atoms with E-state index in [9.17, 15) is 4.79 Å². The van der Waals surface area contributed by atoms with E-state index in [-0.39, 0.29) is 12.0 Å². The van der Waals surface area contributed by atoms with Gasteiger partial charge in [-0.2, -0.15) is 0 Å². The molecule has 1 heterocycles. The second kappa shape index (κ2) is 4.11. The number of hydrogen-bond donors (Lipinski definition) is 1. The van der Waals surface area contributed by atoms with Crippen LogP contribution in [0, 0.1) is 0 Å². The summed E-state index contributed by atoms with van der Waals surface area (Å²) in [7, 11) is 0. The van der Waals surface area contributed by atoms with Crippen LogP contribution in [0.1, 0.15) is 12.5 Å². The number of carbonyl (C=O) groups excluding carboxylic acids is 1. The zero-order chi connectivity index (χ0) is 10.8. The van der Waals surface area contributed by atoms with Gasteiger partial charge in [-0.25, -0.2) is 4.79 Å². The van der Waals surface area contributed by atoms with E-state index in [4.69, 9.17) is 16.3 Å². The summed E-state index contributed by atoms with van der Waals surface area (Å²) in [4.78, 5) is 11.5.